The van der Waals surface area contributed by atoms with Crippen LogP contribution in [-0.4, -0.2) is 50.9 Å². The number of allylic oxidation sites excluding steroid dienone is 1. The van der Waals surface area contributed by atoms with E-state index in [9.17, 15) is 4.79 Å². The minimum absolute atomic E-state index is 0.452. The zero-order valence-electron chi connectivity index (χ0n) is 22.7. The highest BCUT2D eigenvalue weighted by atomic mass is 16.6. The fourth-order valence-corrected chi connectivity index (χ4v) is 4.79. The molecule has 0 atom stereocenters. The smallest absolute Gasteiger partial charge is 0.412 e. The van der Waals surface area contributed by atoms with Gasteiger partial charge in [0.2, 0.25) is 0 Å². The lowest BCUT2D eigenvalue weighted by Crippen LogP contribution is -2.26. The van der Waals surface area contributed by atoms with Crippen LogP contribution in [0, 0.1) is 0 Å². The molecule has 6 nitrogen and oxygen atoms in total. The molecule has 0 spiro atoms. The molecule has 1 aliphatic heterocycles. The van der Waals surface area contributed by atoms with Gasteiger partial charge in [-0.15, -0.1) is 0 Å². The molecular formula is C32H38N2O4. The van der Waals surface area contributed by atoms with Crippen LogP contribution in [0.1, 0.15) is 43.4 Å². The second-order valence-corrected chi connectivity index (χ2v) is 9.55. The van der Waals surface area contributed by atoms with Gasteiger partial charge in [0, 0.05) is 13.1 Å². The maximum absolute atomic E-state index is 11.8. The third kappa shape index (κ3) is 7.62. The molecular weight excluding hydrogens is 476 g/mol. The first-order valence-electron chi connectivity index (χ1n) is 13.4. The van der Waals surface area contributed by atoms with Gasteiger partial charge in [-0.2, -0.15) is 0 Å². The Balaban J connectivity index is 1.55. The predicted molar refractivity (Wildman–Crippen MR) is 152 cm³/mol. The van der Waals surface area contributed by atoms with Gasteiger partial charge in [0.25, 0.3) is 0 Å². The Kier molecular flexibility index (Phi) is 9.82. The first-order valence-corrected chi connectivity index (χ1v) is 13.4. The van der Waals surface area contributed by atoms with E-state index in [-0.39, 0.29) is 0 Å². The van der Waals surface area contributed by atoms with Crippen LogP contribution in [0.15, 0.2) is 78.4 Å². The first kappa shape index (κ1) is 27.3. The van der Waals surface area contributed by atoms with E-state index in [4.69, 9.17) is 14.2 Å². The van der Waals surface area contributed by atoms with Gasteiger partial charge < -0.3 is 19.5 Å². The highest BCUT2D eigenvalue weighted by Gasteiger charge is 2.13. The van der Waals surface area contributed by atoms with E-state index in [1.54, 1.807) is 7.11 Å². The van der Waals surface area contributed by atoms with Gasteiger partial charge in [-0.05, 0) is 105 Å². The van der Waals surface area contributed by atoms with Crippen molar-refractivity contribution in [3.05, 3.63) is 95.1 Å². The molecule has 0 aliphatic carbocycles. The van der Waals surface area contributed by atoms with Gasteiger partial charge in [-0.25, -0.2) is 4.79 Å². The summed E-state index contributed by atoms with van der Waals surface area (Å²) in [6, 6.07) is 24.2. The Labute approximate surface area is 226 Å². The van der Waals surface area contributed by atoms with Crippen molar-refractivity contribution < 1.29 is 19.0 Å². The average molecular weight is 515 g/mol. The largest absolute Gasteiger partial charge is 0.497 e. The van der Waals surface area contributed by atoms with E-state index in [2.05, 4.69) is 41.4 Å². The van der Waals surface area contributed by atoms with E-state index >= 15 is 0 Å². The van der Waals surface area contributed by atoms with Crippen molar-refractivity contribution in [3.8, 4) is 17.2 Å². The third-order valence-electron chi connectivity index (χ3n) is 6.75. The summed E-state index contributed by atoms with van der Waals surface area (Å²) < 4.78 is 16.7. The molecule has 0 unspecified atom stereocenters. The highest BCUT2D eigenvalue weighted by molar-refractivity contribution is 5.82. The Hall–Kier alpha value is -3.77. The van der Waals surface area contributed by atoms with Crippen molar-refractivity contribution in [2.24, 2.45) is 0 Å². The number of carbonyl (C=O) groups excluding carboxylic acids is 1. The normalized spacial score (nSPS) is 14.1. The zero-order chi connectivity index (χ0) is 26.7. The highest BCUT2D eigenvalue weighted by Crippen LogP contribution is 2.31. The topological polar surface area (TPSA) is 60.0 Å². The summed E-state index contributed by atoms with van der Waals surface area (Å²) in [6.07, 6.45) is 2.93. The molecule has 1 amide bonds. The fraction of sp³-hybridized carbons (Fsp3) is 0.344. The number of likely N-dealkylation sites (tertiary alicyclic amines) is 1. The van der Waals surface area contributed by atoms with E-state index in [1.165, 1.54) is 37.1 Å². The number of nitrogens with zero attached hydrogens (tertiary/aromatic N) is 1. The molecule has 1 fully saturated rings. The summed E-state index contributed by atoms with van der Waals surface area (Å²) >= 11 is 0. The Bertz CT molecular complexity index is 1200. The van der Waals surface area contributed by atoms with E-state index in [0.717, 1.165) is 41.2 Å². The molecule has 1 N–H and O–H groups in total. The maximum Gasteiger partial charge on any atom is 0.412 e. The fourth-order valence-electron chi connectivity index (χ4n) is 4.79. The monoisotopic (exact) mass is 514 g/mol. The number of hydrogen-bond acceptors (Lipinski definition) is 5. The lowest BCUT2D eigenvalue weighted by atomic mass is 9.90. The Morgan fingerprint density at radius 3 is 2.00 bits per heavy atom. The quantitative estimate of drug-likeness (QED) is 0.323. The lowest BCUT2D eigenvalue weighted by molar-refractivity contribution is 0.201. The number of rotatable bonds is 11. The number of hydrogen-bond donors (Lipinski definition) is 1. The summed E-state index contributed by atoms with van der Waals surface area (Å²) in [6.45, 7) is 8.57. The SMILES string of the molecule is CCNC(=O)Oc1ccc(/C(=C(/C)Cc2ccc(OC)cc2)c2ccc(OCCN3CCCC3)cc2)cc1. The van der Waals surface area contributed by atoms with Crippen molar-refractivity contribution in [2.45, 2.75) is 33.1 Å². The van der Waals surface area contributed by atoms with Crippen molar-refractivity contribution in [2.75, 3.05) is 39.9 Å². The number of nitrogens with one attached hydrogen (secondary N) is 1. The standard InChI is InChI=1S/C32H38N2O4/c1-4-33-32(35)38-30-17-11-27(12-18-30)31(24(2)23-25-7-13-28(36-3)14-8-25)26-9-15-29(16-10-26)37-22-21-34-19-5-6-20-34/h7-18H,4-6,19-23H2,1-3H3,(H,33,35)/b31-24-. The van der Waals surface area contributed by atoms with Crippen LogP contribution in [0.3, 0.4) is 0 Å². The molecule has 0 radical (unpaired) electrons. The second kappa shape index (κ2) is 13.7. The van der Waals surface area contributed by atoms with Crippen LogP contribution in [0.25, 0.3) is 5.57 Å². The number of carbonyl (C=O) groups is 1. The van der Waals surface area contributed by atoms with Crippen LogP contribution in [-0.2, 0) is 6.42 Å². The van der Waals surface area contributed by atoms with Gasteiger partial charge >= 0.3 is 6.09 Å². The third-order valence-corrected chi connectivity index (χ3v) is 6.75. The summed E-state index contributed by atoms with van der Waals surface area (Å²) in [5, 5.41) is 2.65. The molecule has 3 aromatic rings. The van der Waals surface area contributed by atoms with Crippen LogP contribution in [0.2, 0.25) is 0 Å². The Morgan fingerprint density at radius 1 is 0.842 bits per heavy atom. The van der Waals surface area contributed by atoms with E-state index in [0.29, 0.717) is 18.9 Å². The van der Waals surface area contributed by atoms with Crippen molar-refractivity contribution in [1.82, 2.24) is 10.2 Å². The summed E-state index contributed by atoms with van der Waals surface area (Å²) in [7, 11) is 1.68. The first-order chi connectivity index (χ1) is 18.6. The molecule has 3 aromatic carbocycles. The molecule has 0 bridgehead atoms. The number of benzene rings is 3. The number of methoxy groups -OCH3 is 1. The molecule has 1 saturated heterocycles. The maximum atomic E-state index is 11.8. The summed E-state index contributed by atoms with van der Waals surface area (Å²) in [4.78, 5) is 14.3. The predicted octanol–water partition coefficient (Wildman–Crippen LogP) is 6.34. The van der Waals surface area contributed by atoms with Gasteiger partial charge in [-0.1, -0.05) is 42.0 Å². The van der Waals surface area contributed by atoms with Gasteiger partial charge in [0.15, 0.2) is 0 Å². The minimum atomic E-state index is -0.452. The molecule has 38 heavy (non-hydrogen) atoms. The van der Waals surface area contributed by atoms with E-state index in [1.807, 2.05) is 55.5 Å². The van der Waals surface area contributed by atoms with Gasteiger partial charge in [0.05, 0.1) is 7.11 Å². The van der Waals surface area contributed by atoms with Gasteiger partial charge in [0.1, 0.15) is 23.9 Å². The molecule has 0 aromatic heterocycles. The molecule has 6 heteroatoms. The lowest BCUT2D eigenvalue weighted by Gasteiger charge is -2.17. The van der Waals surface area contributed by atoms with Crippen LogP contribution >= 0.6 is 0 Å². The summed E-state index contributed by atoms with van der Waals surface area (Å²) in [5.41, 5.74) is 5.75. The van der Waals surface area contributed by atoms with Gasteiger partial charge in [-0.3, -0.25) is 4.90 Å². The van der Waals surface area contributed by atoms with Crippen molar-refractivity contribution in [1.29, 1.82) is 0 Å². The second-order valence-electron chi connectivity index (χ2n) is 9.55. The van der Waals surface area contributed by atoms with Crippen LogP contribution in [0.5, 0.6) is 17.2 Å². The summed E-state index contributed by atoms with van der Waals surface area (Å²) in [5.74, 6) is 2.23. The molecule has 200 valence electrons. The van der Waals surface area contributed by atoms with Crippen molar-refractivity contribution in [3.63, 3.8) is 0 Å². The number of amides is 1. The molecule has 4 rings (SSSR count). The Morgan fingerprint density at radius 2 is 1.42 bits per heavy atom. The average Bonchev–Trinajstić information content (AvgIpc) is 3.45. The molecule has 0 saturated carbocycles. The molecule has 1 heterocycles. The van der Waals surface area contributed by atoms with Crippen LogP contribution in [0.4, 0.5) is 4.79 Å². The minimum Gasteiger partial charge on any atom is -0.497 e. The van der Waals surface area contributed by atoms with Crippen LogP contribution < -0.4 is 19.5 Å². The zero-order valence-corrected chi connectivity index (χ0v) is 22.7. The van der Waals surface area contributed by atoms with E-state index < -0.39 is 6.09 Å². The number of ether oxygens (including phenoxy) is 3. The van der Waals surface area contributed by atoms with Crippen molar-refractivity contribution >= 4 is 11.7 Å². The molecule has 1 aliphatic rings.